The second kappa shape index (κ2) is 10.7. The number of nitrogens with one attached hydrogen (secondary N) is 3. The molecule has 39 heavy (non-hydrogen) atoms. The molecule has 4 heterocycles. The Hall–Kier alpha value is -4.55. The van der Waals surface area contributed by atoms with Crippen molar-refractivity contribution in [1.82, 2.24) is 30.1 Å². The van der Waals surface area contributed by atoms with Crippen molar-refractivity contribution in [3.63, 3.8) is 0 Å². The van der Waals surface area contributed by atoms with Crippen LogP contribution in [0, 0.1) is 12.7 Å². The zero-order valence-corrected chi connectivity index (χ0v) is 21.2. The van der Waals surface area contributed by atoms with E-state index in [1.165, 1.54) is 18.5 Å². The first-order valence-corrected chi connectivity index (χ1v) is 12.6. The molecule has 1 saturated heterocycles. The number of hydrogen-bond acceptors (Lipinski definition) is 8. The number of halogens is 1. The predicted molar refractivity (Wildman–Crippen MR) is 144 cm³/mol. The summed E-state index contributed by atoms with van der Waals surface area (Å²) in [5.41, 5.74) is 4.51. The number of fused-ring (bicyclic) bond motifs is 2. The van der Waals surface area contributed by atoms with Crippen LogP contribution in [0.5, 0.6) is 0 Å². The van der Waals surface area contributed by atoms with Crippen LogP contribution in [-0.2, 0) is 16.0 Å². The Morgan fingerprint density at radius 1 is 1.31 bits per heavy atom. The second-order valence-electron chi connectivity index (χ2n) is 9.35. The molecule has 1 aliphatic rings. The van der Waals surface area contributed by atoms with E-state index in [-0.39, 0.29) is 18.5 Å². The second-order valence-corrected chi connectivity index (χ2v) is 9.35. The molecule has 1 fully saturated rings. The number of anilines is 3. The summed E-state index contributed by atoms with van der Waals surface area (Å²) in [6.07, 6.45) is 4.35. The fourth-order valence-electron chi connectivity index (χ4n) is 4.72. The summed E-state index contributed by atoms with van der Waals surface area (Å²) in [5, 5.41) is 18.5. The molecule has 0 unspecified atom stereocenters. The Morgan fingerprint density at radius 2 is 2.23 bits per heavy atom. The molecule has 0 aliphatic carbocycles. The third kappa shape index (κ3) is 5.24. The Bertz CT molecular complexity index is 1630. The van der Waals surface area contributed by atoms with Gasteiger partial charge in [0, 0.05) is 29.7 Å². The molecule has 0 spiro atoms. The smallest absolute Gasteiger partial charge is 0.411 e. The number of benzene rings is 2. The van der Waals surface area contributed by atoms with Crippen LogP contribution in [0.15, 0.2) is 61.2 Å². The van der Waals surface area contributed by atoms with Crippen molar-refractivity contribution in [2.45, 2.75) is 19.5 Å². The number of amides is 1. The minimum atomic E-state index is -0.571. The highest BCUT2D eigenvalue weighted by Gasteiger charge is 2.22. The van der Waals surface area contributed by atoms with E-state index < -0.39 is 6.09 Å². The lowest BCUT2D eigenvalue weighted by Crippen LogP contribution is -2.44. The van der Waals surface area contributed by atoms with Crippen molar-refractivity contribution < 1.29 is 18.7 Å². The molecule has 3 N–H and O–H groups in total. The molecule has 3 aromatic heterocycles. The first-order chi connectivity index (χ1) is 19.0. The summed E-state index contributed by atoms with van der Waals surface area (Å²) in [5.74, 6) is 0.281. The fraction of sp³-hybridized carbons (Fsp3) is 0.259. The van der Waals surface area contributed by atoms with E-state index in [2.05, 4.69) is 30.9 Å². The van der Waals surface area contributed by atoms with E-state index in [1.807, 2.05) is 36.1 Å². The van der Waals surface area contributed by atoms with Crippen LogP contribution in [0.3, 0.4) is 0 Å². The standard InChI is InChI=1S/C27H27FN8O3/c1-17-24(33-27(37)39-15-21-14-38-8-7-29-21)13-36-25(17)26(30-16-32-36)35(12-18-3-2-4-20(28)9-18)22-5-6-23-19(10-22)11-31-34-23/h2-6,9-11,13,16,21,29H,7-8,12,14-15H2,1H3,(H,31,34)(H,33,37)/t21-/m0/s1. The highest BCUT2D eigenvalue weighted by Crippen LogP contribution is 2.35. The monoisotopic (exact) mass is 530 g/mol. The van der Waals surface area contributed by atoms with E-state index >= 15 is 0 Å². The Morgan fingerprint density at radius 3 is 3.08 bits per heavy atom. The number of hydrogen-bond donors (Lipinski definition) is 3. The Kier molecular flexibility index (Phi) is 6.78. The normalized spacial score (nSPS) is 15.5. The van der Waals surface area contributed by atoms with Gasteiger partial charge in [0.05, 0.1) is 42.9 Å². The van der Waals surface area contributed by atoms with Crippen LogP contribution < -0.4 is 15.5 Å². The number of nitrogens with zero attached hydrogens (tertiary/aromatic N) is 5. The SMILES string of the molecule is Cc1c(NC(=O)OC[C@@H]2COCCN2)cn2ncnc(N(Cc3cccc(F)c3)c3ccc4[nH]ncc4c3)c12. The molecule has 1 aliphatic heterocycles. The van der Waals surface area contributed by atoms with Crippen LogP contribution >= 0.6 is 0 Å². The van der Waals surface area contributed by atoms with Crippen molar-refractivity contribution in [2.24, 2.45) is 0 Å². The number of rotatable bonds is 7. The van der Waals surface area contributed by atoms with E-state index in [9.17, 15) is 9.18 Å². The topological polar surface area (TPSA) is 122 Å². The predicted octanol–water partition coefficient (Wildman–Crippen LogP) is 3.93. The molecule has 0 saturated carbocycles. The molecule has 11 nitrogen and oxygen atoms in total. The number of morpholine rings is 1. The Balaban J connectivity index is 1.34. The van der Waals surface area contributed by atoms with E-state index in [0.29, 0.717) is 36.8 Å². The summed E-state index contributed by atoms with van der Waals surface area (Å²) >= 11 is 0. The molecule has 200 valence electrons. The highest BCUT2D eigenvalue weighted by atomic mass is 19.1. The van der Waals surface area contributed by atoms with Gasteiger partial charge in [0.2, 0.25) is 0 Å². The van der Waals surface area contributed by atoms with Crippen molar-refractivity contribution >= 4 is 39.7 Å². The summed E-state index contributed by atoms with van der Waals surface area (Å²) in [6, 6.07) is 12.3. The van der Waals surface area contributed by atoms with Gasteiger partial charge in [-0.15, -0.1) is 0 Å². The largest absolute Gasteiger partial charge is 0.448 e. The summed E-state index contributed by atoms with van der Waals surface area (Å²) in [7, 11) is 0. The third-order valence-corrected chi connectivity index (χ3v) is 6.68. The number of carbonyl (C=O) groups is 1. The molecule has 1 atom stereocenters. The van der Waals surface area contributed by atoms with Gasteiger partial charge >= 0.3 is 6.09 Å². The maximum absolute atomic E-state index is 14.1. The van der Waals surface area contributed by atoms with Crippen molar-refractivity contribution in [3.8, 4) is 0 Å². The summed E-state index contributed by atoms with van der Waals surface area (Å²) < 4.78 is 26.6. The lowest BCUT2D eigenvalue weighted by Gasteiger charge is -2.25. The van der Waals surface area contributed by atoms with Gasteiger partial charge < -0.3 is 19.7 Å². The third-order valence-electron chi connectivity index (χ3n) is 6.68. The lowest BCUT2D eigenvalue weighted by atomic mass is 10.1. The van der Waals surface area contributed by atoms with Crippen molar-refractivity contribution in [3.05, 3.63) is 78.1 Å². The first-order valence-electron chi connectivity index (χ1n) is 12.6. The average Bonchev–Trinajstić information content (AvgIpc) is 3.55. The number of aryl methyl sites for hydroxylation is 1. The number of aromatic nitrogens is 5. The van der Waals surface area contributed by atoms with E-state index in [0.717, 1.165) is 34.3 Å². The van der Waals surface area contributed by atoms with Crippen molar-refractivity contribution in [1.29, 1.82) is 0 Å². The van der Waals surface area contributed by atoms with Gasteiger partial charge in [0.1, 0.15) is 24.3 Å². The van der Waals surface area contributed by atoms with Gasteiger partial charge in [-0.3, -0.25) is 10.4 Å². The molecule has 6 rings (SSSR count). The number of H-pyrrole nitrogens is 1. The van der Waals surface area contributed by atoms with Crippen LogP contribution in [0.2, 0.25) is 0 Å². The van der Waals surface area contributed by atoms with E-state index in [1.54, 1.807) is 23.0 Å². The van der Waals surface area contributed by atoms with Crippen LogP contribution in [0.4, 0.5) is 26.4 Å². The molecule has 0 bridgehead atoms. The maximum Gasteiger partial charge on any atom is 0.411 e. The van der Waals surface area contributed by atoms with Gasteiger partial charge in [0.15, 0.2) is 5.82 Å². The van der Waals surface area contributed by atoms with Crippen LogP contribution in [0.1, 0.15) is 11.1 Å². The molecular formula is C27H27FN8O3. The lowest BCUT2D eigenvalue weighted by molar-refractivity contribution is 0.0494. The molecular weight excluding hydrogens is 503 g/mol. The first kappa shape index (κ1) is 24.8. The maximum atomic E-state index is 14.1. The zero-order valence-electron chi connectivity index (χ0n) is 21.2. The van der Waals surface area contributed by atoms with Gasteiger partial charge in [-0.2, -0.15) is 10.2 Å². The number of carbonyl (C=O) groups excluding carboxylic acids is 1. The molecule has 12 heteroatoms. The number of aromatic amines is 1. The average molecular weight is 531 g/mol. The minimum Gasteiger partial charge on any atom is -0.448 e. The quantitative estimate of drug-likeness (QED) is 0.289. The fourth-order valence-corrected chi connectivity index (χ4v) is 4.72. The van der Waals surface area contributed by atoms with Gasteiger partial charge in [0.25, 0.3) is 0 Å². The molecule has 5 aromatic rings. The molecule has 0 radical (unpaired) electrons. The highest BCUT2D eigenvalue weighted by molar-refractivity contribution is 5.91. The van der Waals surface area contributed by atoms with Crippen LogP contribution in [-0.4, -0.2) is 63.3 Å². The van der Waals surface area contributed by atoms with Gasteiger partial charge in [-0.1, -0.05) is 12.1 Å². The zero-order chi connectivity index (χ0) is 26.8. The number of ether oxygens (including phenoxy) is 2. The summed E-state index contributed by atoms with van der Waals surface area (Å²) in [6.45, 7) is 4.29. The minimum absolute atomic E-state index is 0.0416. The molecule has 1 amide bonds. The van der Waals surface area contributed by atoms with Gasteiger partial charge in [-0.25, -0.2) is 18.7 Å². The summed E-state index contributed by atoms with van der Waals surface area (Å²) in [4.78, 5) is 19.2. The van der Waals surface area contributed by atoms with Crippen molar-refractivity contribution in [2.75, 3.05) is 36.6 Å². The van der Waals surface area contributed by atoms with Crippen LogP contribution in [0.25, 0.3) is 16.4 Å². The Labute approximate surface area is 222 Å². The van der Waals surface area contributed by atoms with Gasteiger partial charge in [-0.05, 0) is 42.8 Å². The molecule has 2 aromatic carbocycles. The van der Waals surface area contributed by atoms with E-state index in [4.69, 9.17) is 9.47 Å².